The smallest absolute Gasteiger partial charge is 0.354 e. The molecule has 1 aromatic carbocycles. The van der Waals surface area contributed by atoms with Crippen molar-refractivity contribution < 1.29 is 9.90 Å². The van der Waals surface area contributed by atoms with Crippen LogP contribution in [0.3, 0.4) is 0 Å². The van der Waals surface area contributed by atoms with Crippen molar-refractivity contribution in [1.82, 2.24) is 9.97 Å². The van der Waals surface area contributed by atoms with Gasteiger partial charge >= 0.3 is 5.97 Å². The molecule has 0 fully saturated rings. The number of para-hydroxylation sites is 1. The average molecular weight is 250 g/mol. The van der Waals surface area contributed by atoms with Crippen LogP contribution < -0.4 is 0 Å². The van der Waals surface area contributed by atoms with Gasteiger partial charge in [0.05, 0.1) is 5.52 Å². The lowest BCUT2D eigenvalue weighted by atomic mass is 10.0. The van der Waals surface area contributed by atoms with E-state index in [1.165, 1.54) is 6.07 Å². The van der Waals surface area contributed by atoms with Gasteiger partial charge in [-0.2, -0.15) is 0 Å². The molecular formula is C15H10N2O2. The largest absolute Gasteiger partial charge is 0.477 e. The number of rotatable bonds is 2. The molecule has 2 heterocycles. The molecule has 0 atom stereocenters. The van der Waals surface area contributed by atoms with E-state index in [2.05, 4.69) is 9.97 Å². The molecule has 2 aromatic heterocycles. The minimum absolute atomic E-state index is 0.0436. The number of carbonyl (C=O) groups is 1. The summed E-state index contributed by atoms with van der Waals surface area (Å²) in [7, 11) is 0. The van der Waals surface area contributed by atoms with Crippen molar-refractivity contribution >= 4 is 16.9 Å². The summed E-state index contributed by atoms with van der Waals surface area (Å²) in [6.45, 7) is 0. The Hall–Kier alpha value is -2.75. The van der Waals surface area contributed by atoms with Gasteiger partial charge in [-0.25, -0.2) is 9.78 Å². The maximum absolute atomic E-state index is 10.8. The Kier molecular flexibility index (Phi) is 2.68. The summed E-state index contributed by atoms with van der Waals surface area (Å²) < 4.78 is 0. The van der Waals surface area contributed by atoms with E-state index in [0.717, 1.165) is 22.0 Å². The Bertz CT molecular complexity index is 746. The first-order valence-electron chi connectivity index (χ1n) is 5.79. The number of aromatic nitrogens is 2. The van der Waals surface area contributed by atoms with Crippen LogP contribution in [0.15, 0.2) is 54.9 Å². The molecule has 0 unspecified atom stereocenters. The van der Waals surface area contributed by atoms with Crippen LogP contribution in [-0.2, 0) is 0 Å². The van der Waals surface area contributed by atoms with Gasteiger partial charge < -0.3 is 5.11 Å². The molecule has 0 aliphatic heterocycles. The highest BCUT2D eigenvalue weighted by Gasteiger charge is 2.07. The van der Waals surface area contributed by atoms with Crippen LogP contribution in [-0.4, -0.2) is 21.0 Å². The van der Waals surface area contributed by atoms with Gasteiger partial charge in [0.15, 0.2) is 0 Å². The van der Waals surface area contributed by atoms with Crippen molar-refractivity contribution in [3.8, 4) is 11.1 Å². The third-order valence-electron chi connectivity index (χ3n) is 2.94. The summed E-state index contributed by atoms with van der Waals surface area (Å²) >= 11 is 0. The fourth-order valence-electron chi connectivity index (χ4n) is 2.03. The van der Waals surface area contributed by atoms with Crippen LogP contribution in [0.25, 0.3) is 22.0 Å². The first-order valence-corrected chi connectivity index (χ1v) is 5.79. The van der Waals surface area contributed by atoms with E-state index in [0.29, 0.717) is 0 Å². The van der Waals surface area contributed by atoms with E-state index in [9.17, 15) is 4.79 Å². The predicted octanol–water partition coefficient (Wildman–Crippen LogP) is 3.00. The number of carboxylic acids is 1. The molecule has 0 radical (unpaired) electrons. The van der Waals surface area contributed by atoms with Gasteiger partial charge in [-0.05, 0) is 23.8 Å². The Morgan fingerprint density at radius 2 is 1.84 bits per heavy atom. The summed E-state index contributed by atoms with van der Waals surface area (Å²) in [6, 6.07) is 13.0. The SMILES string of the molecule is O=C(O)c1ccc(-c2ccnc3ccccc23)cn1. The van der Waals surface area contributed by atoms with Crippen LogP contribution in [0.2, 0.25) is 0 Å². The zero-order chi connectivity index (χ0) is 13.2. The van der Waals surface area contributed by atoms with Crippen LogP contribution in [0.4, 0.5) is 0 Å². The second-order valence-electron chi connectivity index (χ2n) is 4.11. The summed E-state index contributed by atoms with van der Waals surface area (Å²) in [5, 5.41) is 9.87. The third kappa shape index (κ3) is 2.04. The van der Waals surface area contributed by atoms with E-state index >= 15 is 0 Å². The Balaban J connectivity index is 2.16. The van der Waals surface area contributed by atoms with E-state index in [4.69, 9.17) is 5.11 Å². The lowest BCUT2D eigenvalue weighted by molar-refractivity contribution is 0.0690. The fourth-order valence-corrected chi connectivity index (χ4v) is 2.03. The number of nitrogens with zero attached hydrogens (tertiary/aromatic N) is 2. The highest BCUT2D eigenvalue weighted by atomic mass is 16.4. The Morgan fingerprint density at radius 3 is 2.58 bits per heavy atom. The summed E-state index contributed by atoms with van der Waals surface area (Å²) in [5.74, 6) is -1.02. The first-order chi connectivity index (χ1) is 9.25. The van der Waals surface area contributed by atoms with Gasteiger partial charge in [0.1, 0.15) is 5.69 Å². The van der Waals surface area contributed by atoms with Crippen LogP contribution >= 0.6 is 0 Å². The molecular weight excluding hydrogens is 240 g/mol. The van der Waals surface area contributed by atoms with E-state index in [1.807, 2.05) is 30.3 Å². The van der Waals surface area contributed by atoms with Gasteiger partial charge in [-0.1, -0.05) is 24.3 Å². The van der Waals surface area contributed by atoms with Crippen molar-refractivity contribution in [1.29, 1.82) is 0 Å². The monoisotopic (exact) mass is 250 g/mol. The molecule has 1 N–H and O–H groups in total. The highest BCUT2D eigenvalue weighted by molar-refractivity contribution is 5.94. The van der Waals surface area contributed by atoms with Crippen LogP contribution in [0, 0.1) is 0 Å². The molecule has 0 saturated carbocycles. The zero-order valence-electron chi connectivity index (χ0n) is 9.95. The summed E-state index contributed by atoms with van der Waals surface area (Å²) in [5.41, 5.74) is 2.82. The van der Waals surface area contributed by atoms with Crippen molar-refractivity contribution in [2.75, 3.05) is 0 Å². The number of aromatic carboxylic acids is 1. The number of hydrogen-bond donors (Lipinski definition) is 1. The quantitative estimate of drug-likeness (QED) is 0.759. The molecule has 92 valence electrons. The van der Waals surface area contributed by atoms with Gasteiger partial charge in [0, 0.05) is 23.3 Å². The Morgan fingerprint density at radius 1 is 1.00 bits per heavy atom. The molecule has 0 bridgehead atoms. The first kappa shape index (κ1) is 11.3. The molecule has 4 heteroatoms. The molecule has 0 amide bonds. The number of benzene rings is 1. The van der Waals surface area contributed by atoms with Gasteiger partial charge in [0.25, 0.3) is 0 Å². The standard InChI is InChI=1S/C15H10N2O2/c18-15(19)14-6-5-10(9-17-14)11-7-8-16-13-4-2-1-3-12(11)13/h1-9H,(H,18,19). The third-order valence-corrected chi connectivity index (χ3v) is 2.94. The van der Waals surface area contributed by atoms with Gasteiger partial charge in [0.2, 0.25) is 0 Å². The normalized spacial score (nSPS) is 10.5. The minimum Gasteiger partial charge on any atom is -0.477 e. The minimum atomic E-state index is -1.02. The van der Waals surface area contributed by atoms with Crippen molar-refractivity contribution in [2.24, 2.45) is 0 Å². The zero-order valence-corrected chi connectivity index (χ0v) is 9.95. The number of carboxylic acid groups (broad SMARTS) is 1. The molecule has 0 saturated heterocycles. The molecule has 0 spiro atoms. The molecule has 0 aliphatic carbocycles. The van der Waals surface area contributed by atoms with E-state index in [1.54, 1.807) is 18.5 Å². The molecule has 3 aromatic rings. The average Bonchev–Trinajstić information content (AvgIpc) is 2.47. The van der Waals surface area contributed by atoms with Crippen molar-refractivity contribution in [3.05, 3.63) is 60.6 Å². The molecule has 0 aliphatic rings. The highest BCUT2D eigenvalue weighted by Crippen LogP contribution is 2.26. The maximum atomic E-state index is 10.8. The molecule has 3 rings (SSSR count). The molecule has 19 heavy (non-hydrogen) atoms. The maximum Gasteiger partial charge on any atom is 0.354 e. The lowest BCUT2D eigenvalue weighted by Gasteiger charge is -2.05. The van der Waals surface area contributed by atoms with Crippen LogP contribution in [0.5, 0.6) is 0 Å². The predicted molar refractivity (Wildman–Crippen MR) is 71.9 cm³/mol. The van der Waals surface area contributed by atoms with Gasteiger partial charge in [-0.15, -0.1) is 0 Å². The Labute approximate surface area is 109 Å². The lowest BCUT2D eigenvalue weighted by Crippen LogP contribution is -1.99. The van der Waals surface area contributed by atoms with E-state index in [-0.39, 0.29) is 5.69 Å². The number of hydrogen-bond acceptors (Lipinski definition) is 3. The topological polar surface area (TPSA) is 63.1 Å². The number of pyridine rings is 2. The van der Waals surface area contributed by atoms with Gasteiger partial charge in [-0.3, -0.25) is 4.98 Å². The number of fused-ring (bicyclic) bond motifs is 1. The summed E-state index contributed by atoms with van der Waals surface area (Å²) in [6.07, 6.45) is 3.31. The van der Waals surface area contributed by atoms with Crippen molar-refractivity contribution in [2.45, 2.75) is 0 Å². The van der Waals surface area contributed by atoms with Crippen molar-refractivity contribution in [3.63, 3.8) is 0 Å². The van der Waals surface area contributed by atoms with E-state index < -0.39 is 5.97 Å². The fraction of sp³-hybridized carbons (Fsp3) is 0. The molecule has 4 nitrogen and oxygen atoms in total. The second-order valence-corrected chi connectivity index (χ2v) is 4.11. The van der Waals surface area contributed by atoms with Crippen LogP contribution in [0.1, 0.15) is 10.5 Å². The summed E-state index contributed by atoms with van der Waals surface area (Å²) in [4.78, 5) is 19.0. The second kappa shape index (κ2) is 4.49.